The van der Waals surface area contributed by atoms with Gasteiger partial charge in [0.2, 0.25) is 0 Å². The van der Waals surface area contributed by atoms with Crippen molar-refractivity contribution in [3.05, 3.63) is 22.8 Å². The molecule has 3 nitrogen and oxygen atoms in total. The Morgan fingerprint density at radius 2 is 1.71 bits per heavy atom. The van der Waals surface area contributed by atoms with Gasteiger partial charge in [-0.15, -0.1) is 0 Å². The van der Waals surface area contributed by atoms with Gasteiger partial charge in [0.05, 0.1) is 19.8 Å². The summed E-state index contributed by atoms with van der Waals surface area (Å²) in [6.45, 7) is 8.26. The second-order valence-electron chi connectivity index (χ2n) is 5.05. The van der Waals surface area contributed by atoms with Crippen LogP contribution in [0, 0.1) is 13.8 Å². The Kier molecular flexibility index (Phi) is 2.82. The van der Waals surface area contributed by atoms with Crippen LogP contribution in [0.2, 0.25) is 0 Å². The average molecular weight is 236 g/mol. The highest BCUT2D eigenvalue weighted by molar-refractivity contribution is 5.54. The van der Waals surface area contributed by atoms with E-state index in [1.165, 1.54) is 0 Å². The van der Waals surface area contributed by atoms with E-state index in [9.17, 15) is 0 Å². The Balaban J connectivity index is 2.54. The molecule has 0 radical (unpaired) electrons. The predicted octanol–water partition coefficient (Wildman–Crippen LogP) is 3.17. The van der Waals surface area contributed by atoms with Gasteiger partial charge in [0.1, 0.15) is 17.6 Å². The van der Waals surface area contributed by atoms with Crippen molar-refractivity contribution in [1.82, 2.24) is 0 Å². The number of methoxy groups -OCH3 is 2. The van der Waals surface area contributed by atoms with Crippen LogP contribution in [0.25, 0.3) is 0 Å². The minimum absolute atomic E-state index is 0.0972. The fraction of sp³-hybridized carbons (Fsp3) is 0.571. The Morgan fingerprint density at radius 3 is 2.12 bits per heavy atom. The molecule has 0 N–H and O–H groups in total. The molecule has 0 aliphatic carbocycles. The van der Waals surface area contributed by atoms with Gasteiger partial charge in [-0.1, -0.05) is 0 Å². The third-order valence-electron chi connectivity index (χ3n) is 3.52. The summed E-state index contributed by atoms with van der Waals surface area (Å²) in [4.78, 5) is 0. The molecule has 1 unspecified atom stereocenters. The maximum atomic E-state index is 5.69. The normalized spacial score (nSPS) is 21.2. The van der Waals surface area contributed by atoms with Crippen LogP contribution in [0.15, 0.2) is 6.07 Å². The van der Waals surface area contributed by atoms with E-state index in [4.69, 9.17) is 14.2 Å². The van der Waals surface area contributed by atoms with E-state index in [0.29, 0.717) is 0 Å². The molecule has 1 atom stereocenters. The van der Waals surface area contributed by atoms with E-state index in [2.05, 4.69) is 20.8 Å². The van der Waals surface area contributed by atoms with Crippen LogP contribution in [0.4, 0.5) is 0 Å². The fourth-order valence-electron chi connectivity index (χ4n) is 2.27. The molecular formula is C14H20O3. The third-order valence-corrected chi connectivity index (χ3v) is 3.52. The zero-order chi connectivity index (χ0) is 12.8. The smallest absolute Gasteiger partial charge is 0.128 e. The molecule has 0 aromatic heterocycles. The highest BCUT2D eigenvalue weighted by Gasteiger charge is 2.50. The summed E-state index contributed by atoms with van der Waals surface area (Å²) >= 11 is 0. The fourth-order valence-corrected chi connectivity index (χ4v) is 2.27. The lowest BCUT2D eigenvalue weighted by Crippen LogP contribution is -2.03. The molecule has 0 saturated carbocycles. The molecule has 0 spiro atoms. The number of benzene rings is 1. The summed E-state index contributed by atoms with van der Waals surface area (Å²) < 4.78 is 16.6. The van der Waals surface area contributed by atoms with E-state index < -0.39 is 0 Å². The van der Waals surface area contributed by atoms with Gasteiger partial charge in [-0.25, -0.2) is 0 Å². The van der Waals surface area contributed by atoms with Crippen molar-refractivity contribution in [2.75, 3.05) is 14.2 Å². The second-order valence-corrected chi connectivity index (χ2v) is 5.05. The zero-order valence-corrected chi connectivity index (χ0v) is 11.4. The van der Waals surface area contributed by atoms with Crippen LogP contribution in [0.5, 0.6) is 11.5 Å². The monoisotopic (exact) mass is 236 g/mol. The summed E-state index contributed by atoms with van der Waals surface area (Å²) in [5.74, 6) is 1.81. The molecule has 1 aromatic rings. The Hall–Kier alpha value is -1.22. The van der Waals surface area contributed by atoms with E-state index >= 15 is 0 Å². The third kappa shape index (κ3) is 1.89. The van der Waals surface area contributed by atoms with Gasteiger partial charge < -0.3 is 14.2 Å². The van der Waals surface area contributed by atoms with Gasteiger partial charge in [0.15, 0.2) is 0 Å². The molecule has 1 heterocycles. The van der Waals surface area contributed by atoms with Crippen molar-refractivity contribution < 1.29 is 14.2 Å². The SMILES string of the molecule is COc1cc(C2OC2(C)C)c(OC)c(C)c1C. The predicted molar refractivity (Wildman–Crippen MR) is 66.9 cm³/mol. The first kappa shape index (κ1) is 12.2. The zero-order valence-electron chi connectivity index (χ0n) is 11.4. The molecule has 1 fully saturated rings. The van der Waals surface area contributed by atoms with Crippen LogP contribution in [0.1, 0.15) is 36.6 Å². The first-order valence-corrected chi connectivity index (χ1v) is 5.82. The van der Waals surface area contributed by atoms with Crippen molar-refractivity contribution in [3.63, 3.8) is 0 Å². The molecule has 0 bridgehead atoms. The van der Waals surface area contributed by atoms with Crippen LogP contribution < -0.4 is 9.47 Å². The maximum absolute atomic E-state index is 5.69. The van der Waals surface area contributed by atoms with Gasteiger partial charge in [-0.3, -0.25) is 0 Å². The first-order chi connectivity index (χ1) is 7.92. The maximum Gasteiger partial charge on any atom is 0.128 e. The molecule has 1 aliphatic rings. The molecular weight excluding hydrogens is 216 g/mol. The number of ether oxygens (including phenoxy) is 3. The lowest BCUT2D eigenvalue weighted by atomic mass is 9.96. The van der Waals surface area contributed by atoms with Crippen LogP contribution in [-0.4, -0.2) is 19.8 Å². The van der Waals surface area contributed by atoms with Gasteiger partial charge in [-0.2, -0.15) is 0 Å². The first-order valence-electron chi connectivity index (χ1n) is 5.82. The van der Waals surface area contributed by atoms with E-state index in [1.54, 1.807) is 14.2 Å². The summed E-state index contributed by atoms with van der Waals surface area (Å²) in [6.07, 6.45) is 0.102. The van der Waals surface area contributed by atoms with Crippen LogP contribution >= 0.6 is 0 Å². The van der Waals surface area contributed by atoms with Crippen molar-refractivity contribution in [2.45, 2.75) is 39.4 Å². The van der Waals surface area contributed by atoms with Crippen LogP contribution in [-0.2, 0) is 4.74 Å². The van der Waals surface area contributed by atoms with E-state index in [-0.39, 0.29) is 11.7 Å². The van der Waals surface area contributed by atoms with Crippen molar-refractivity contribution in [1.29, 1.82) is 0 Å². The van der Waals surface area contributed by atoms with Crippen LogP contribution in [0.3, 0.4) is 0 Å². The molecule has 17 heavy (non-hydrogen) atoms. The number of hydrogen-bond acceptors (Lipinski definition) is 3. The van der Waals surface area contributed by atoms with Gasteiger partial charge in [0.25, 0.3) is 0 Å². The molecule has 1 aliphatic heterocycles. The van der Waals surface area contributed by atoms with Gasteiger partial charge in [0, 0.05) is 5.56 Å². The summed E-state index contributed by atoms with van der Waals surface area (Å²) in [5, 5.41) is 0. The topological polar surface area (TPSA) is 31.0 Å². The Labute approximate surface area is 103 Å². The van der Waals surface area contributed by atoms with Gasteiger partial charge in [-0.05, 0) is 44.9 Å². The van der Waals surface area contributed by atoms with Gasteiger partial charge >= 0.3 is 0 Å². The second kappa shape index (κ2) is 3.91. The average Bonchev–Trinajstić information content (AvgIpc) is 2.91. The Morgan fingerprint density at radius 1 is 1.12 bits per heavy atom. The standard InChI is InChI=1S/C14H20O3/c1-8-9(2)12(16-6)10(7-11(8)15-5)13-14(3,4)17-13/h7,13H,1-6H3. The molecule has 1 saturated heterocycles. The summed E-state index contributed by atoms with van der Waals surface area (Å²) in [7, 11) is 3.39. The largest absolute Gasteiger partial charge is 0.496 e. The van der Waals surface area contributed by atoms with Crippen molar-refractivity contribution >= 4 is 0 Å². The highest BCUT2D eigenvalue weighted by atomic mass is 16.6. The summed E-state index contributed by atoms with van der Waals surface area (Å²) in [6, 6.07) is 2.03. The molecule has 3 heteroatoms. The van der Waals surface area contributed by atoms with E-state index in [1.807, 2.05) is 13.0 Å². The number of hydrogen-bond donors (Lipinski definition) is 0. The quantitative estimate of drug-likeness (QED) is 0.755. The molecule has 2 rings (SSSR count). The number of rotatable bonds is 3. The highest BCUT2D eigenvalue weighted by Crippen LogP contribution is 2.53. The lowest BCUT2D eigenvalue weighted by molar-refractivity contribution is 0.321. The van der Waals surface area contributed by atoms with Crippen molar-refractivity contribution in [2.24, 2.45) is 0 Å². The Bertz CT molecular complexity index is 449. The molecule has 94 valence electrons. The lowest BCUT2D eigenvalue weighted by Gasteiger charge is -2.16. The summed E-state index contributed by atoms with van der Waals surface area (Å²) in [5.41, 5.74) is 3.22. The minimum Gasteiger partial charge on any atom is -0.496 e. The van der Waals surface area contributed by atoms with Crippen molar-refractivity contribution in [3.8, 4) is 11.5 Å². The number of epoxide rings is 1. The molecule has 1 aromatic carbocycles. The molecule has 0 amide bonds. The van der Waals surface area contributed by atoms with E-state index in [0.717, 1.165) is 28.2 Å². The minimum atomic E-state index is -0.0972.